The molecule has 1 aromatic heterocycles. The lowest BCUT2D eigenvalue weighted by Crippen LogP contribution is -2.49. The van der Waals surface area contributed by atoms with Crippen LogP contribution in [0.25, 0.3) is 10.9 Å². The SMILES string of the molecule is C[C@H](OP(=O)(O)CCN1CCN(C(=O)c2c3c(c(O)c4ncccc24)C(=O)N(Cc2ccc(F)cc2)C3)CC1)C(=O)O. The average Bonchev–Trinajstić information content (AvgIpc) is 3.28. The van der Waals surface area contributed by atoms with Crippen molar-refractivity contribution in [2.75, 3.05) is 38.9 Å². The number of amides is 2. The number of piperazine rings is 1. The average molecular weight is 601 g/mol. The zero-order valence-corrected chi connectivity index (χ0v) is 23.7. The van der Waals surface area contributed by atoms with Crippen LogP contribution in [-0.4, -0.2) is 97.6 Å². The molecule has 0 bridgehead atoms. The molecule has 2 aromatic carbocycles. The van der Waals surface area contributed by atoms with Gasteiger partial charge in [-0.05, 0) is 30.7 Å². The summed E-state index contributed by atoms with van der Waals surface area (Å²) in [6.07, 6.45) is -0.199. The van der Waals surface area contributed by atoms with E-state index in [1.54, 1.807) is 29.2 Å². The zero-order chi connectivity index (χ0) is 30.2. The molecule has 1 saturated heterocycles. The summed E-state index contributed by atoms with van der Waals surface area (Å²) in [5.41, 5.74) is 1.55. The molecule has 3 heterocycles. The van der Waals surface area contributed by atoms with Gasteiger partial charge in [0.2, 0.25) is 0 Å². The molecular formula is C28H30FN4O8P. The van der Waals surface area contributed by atoms with E-state index in [0.29, 0.717) is 42.7 Å². The van der Waals surface area contributed by atoms with Gasteiger partial charge >= 0.3 is 13.6 Å². The highest BCUT2D eigenvalue weighted by Gasteiger charge is 2.38. The van der Waals surface area contributed by atoms with Gasteiger partial charge in [0.05, 0.1) is 17.3 Å². The zero-order valence-electron chi connectivity index (χ0n) is 22.8. The van der Waals surface area contributed by atoms with Crippen molar-refractivity contribution in [2.24, 2.45) is 0 Å². The summed E-state index contributed by atoms with van der Waals surface area (Å²) in [4.78, 5) is 57.6. The third kappa shape index (κ3) is 6.00. The van der Waals surface area contributed by atoms with Gasteiger partial charge in [0.25, 0.3) is 11.8 Å². The maximum Gasteiger partial charge on any atom is 0.333 e. The van der Waals surface area contributed by atoms with Gasteiger partial charge in [-0.15, -0.1) is 0 Å². The van der Waals surface area contributed by atoms with Crippen molar-refractivity contribution in [3.63, 3.8) is 0 Å². The second kappa shape index (κ2) is 11.8. The first kappa shape index (κ1) is 29.6. The Kier molecular flexibility index (Phi) is 8.29. The number of fused-ring (bicyclic) bond motifs is 2. The third-order valence-electron chi connectivity index (χ3n) is 7.52. The molecule has 42 heavy (non-hydrogen) atoms. The lowest BCUT2D eigenvalue weighted by Gasteiger charge is -2.35. The summed E-state index contributed by atoms with van der Waals surface area (Å²) < 4.78 is 30.5. The number of nitrogens with zero attached hydrogens (tertiary/aromatic N) is 4. The Morgan fingerprint density at radius 1 is 1.14 bits per heavy atom. The second-order valence-corrected chi connectivity index (χ2v) is 12.3. The van der Waals surface area contributed by atoms with E-state index in [9.17, 15) is 33.3 Å². The monoisotopic (exact) mass is 600 g/mol. The van der Waals surface area contributed by atoms with Crippen LogP contribution in [0.2, 0.25) is 0 Å². The van der Waals surface area contributed by atoms with Crippen LogP contribution in [0.1, 0.15) is 38.8 Å². The van der Waals surface area contributed by atoms with Crippen LogP contribution in [0.15, 0.2) is 42.6 Å². The summed E-state index contributed by atoms with van der Waals surface area (Å²) >= 11 is 0. The van der Waals surface area contributed by atoms with Crippen LogP contribution < -0.4 is 0 Å². The van der Waals surface area contributed by atoms with E-state index in [2.05, 4.69) is 4.98 Å². The quantitative estimate of drug-likeness (QED) is 0.312. The number of aromatic nitrogens is 1. The molecule has 0 saturated carbocycles. The van der Waals surface area contributed by atoms with Gasteiger partial charge in [-0.1, -0.05) is 18.2 Å². The molecular weight excluding hydrogens is 570 g/mol. The first-order chi connectivity index (χ1) is 19.9. The minimum Gasteiger partial charge on any atom is -0.505 e. The lowest BCUT2D eigenvalue weighted by molar-refractivity contribution is -0.144. The number of hydrogen-bond donors (Lipinski definition) is 3. The number of phenols is 1. The summed E-state index contributed by atoms with van der Waals surface area (Å²) in [5, 5.41) is 20.4. The molecule has 222 valence electrons. The Morgan fingerprint density at radius 3 is 2.50 bits per heavy atom. The van der Waals surface area contributed by atoms with E-state index in [-0.39, 0.29) is 54.1 Å². The van der Waals surface area contributed by atoms with Crippen molar-refractivity contribution in [1.82, 2.24) is 19.7 Å². The highest BCUT2D eigenvalue weighted by atomic mass is 31.2. The van der Waals surface area contributed by atoms with Crippen molar-refractivity contribution in [1.29, 1.82) is 0 Å². The van der Waals surface area contributed by atoms with E-state index < -0.39 is 31.4 Å². The number of aliphatic carboxylic acids is 1. The molecule has 1 fully saturated rings. The summed E-state index contributed by atoms with van der Waals surface area (Å²) in [5.74, 6) is -2.80. The van der Waals surface area contributed by atoms with E-state index in [0.717, 1.165) is 0 Å². The molecule has 14 heteroatoms. The number of hydrogen-bond acceptors (Lipinski definition) is 8. The highest BCUT2D eigenvalue weighted by Crippen LogP contribution is 2.43. The molecule has 0 aliphatic carbocycles. The molecule has 5 rings (SSSR count). The normalized spacial score (nSPS) is 17.7. The number of pyridine rings is 1. The van der Waals surface area contributed by atoms with E-state index >= 15 is 0 Å². The molecule has 2 amide bonds. The van der Waals surface area contributed by atoms with Crippen LogP contribution in [-0.2, 0) is 27.0 Å². The van der Waals surface area contributed by atoms with Crippen molar-refractivity contribution in [3.8, 4) is 5.75 Å². The Labute approximate surface area is 240 Å². The fourth-order valence-corrected chi connectivity index (χ4v) is 6.51. The molecule has 1 unspecified atom stereocenters. The van der Waals surface area contributed by atoms with Gasteiger partial charge in [-0.2, -0.15) is 0 Å². The fourth-order valence-electron chi connectivity index (χ4n) is 5.28. The third-order valence-corrected chi connectivity index (χ3v) is 8.93. The number of rotatable bonds is 9. The molecule has 3 N–H and O–H groups in total. The number of aromatic hydroxyl groups is 1. The predicted octanol–water partition coefficient (Wildman–Crippen LogP) is 2.67. The summed E-state index contributed by atoms with van der Waals surface area (Å²) in [7, 11) is -4.12. The number of phenolic OH excluding ortho intramolecular Hbond substituents is 1. The van der Waals surface area contributed by atoms with Crippen LogP contribution in [0.5, 0.6) is 5.75 Å². The summed E-state index contributed by atoms with van der Waals surface area (Å²) in [6, 6.07) is 9.08. The molecule has 2 aliphatic heterocycles. The molecule has 3 aromatic rings. The number of benzene rings is 2. The Bertz CT molecular complexity index is 1590. The predicted molar refractivity (Wildman–Crippen MR) is 149 cm³/mol. The Balaban J connectivity index is 1.34. The smallest absolute Gasteiger partial charge is 0.333 e. The first-order valence-electron chi connectivity index (χ1n) is 13.4. The standard InChI is InChI=1S/C28H30FN4O8P/c1-17(28(37)38)41-42(39,40)14-13-31-9-11-32(12-10-31)26(35)22-20-3-2-8-30-24(20)25(34)23-21(22)16-33(27(23)36)15-18-4-6-19(29)7-5-18/h2-8,17,34H,9-16H2,1H3,(H,37,38)(H,39,40)/t17-/m0/s1. The van der Waals surface area contributed by atoms with Gasteiger partial charge in [0, 0.05) is 63.0 Å². The van der Waals surface area contributed by atoms with Gasteiger partial charge in [-0.3, -0.25) is 28.6 Å². The van der Waals surface area contributed by atoms with Crippen LogP contribution in [0.4, 0.5) is 4.39 Å². The number of carbonyl (C=O) groups is 3. The van der Waals surface area contributed by atoms with Gasteiger partial charge in [-0.25, -0.2) is 9.18 Å². The number of carbonyl (C=O) groups excluding carboxylic acids is 2. The Morgan fingerprint density at radius 2 is 1.83 bits per heavy atom. The topological polar surface area (TPSA) is 161 Å². The maximum absolute atomic E-state index is 14.0. The maximum atomic E-state index is 14.0. The van der Waals surface area contributed by atoms with Gasteiger partial charge in [0.1, 0.15) is 11.3 Å². The fraction of sp³-hybridized carbons (Fsp3) is 0.357. The number of carboxylic acids is 1. The van der Waals surface area contributed by atoms with Crippen molar-refractivity contribution in [3.05, 3.63) is 70.7 Å². The minimum atomic E-state index is -4.12. The molecule has 0 radical (unpaired) electrons. The number of carboxylic acid groups (broad SMARTS) is 1. The van der Waals surface area contributed by atoms with Gasteiger partial charge < -0.3 is 24.9 Å². The summed E-state index contributed by atoms with van der Waals surface area (Å²) in [6.45, 7) is 2.98. The first-order valence-corrected chi connectivity index (χ1v) is 15.1. The van der Waals surface area contributed by atoms with Gasteiger partial charge in [0.15, 0.2) is 11.9 Å². The van der Waals surface area contributed by atoms with Crippen molar-refractivity contribution < 1.29 is 43.0 Å². The van der Waals surface area contributed by atoms with E-state index in [1.165, 1.54) is 30.2 Å². The highest BCUT2D eigenvalue weighted by molar-refractivity contribution is 7.52. The Hall–Kier alpha value is -3.90. The van der Waals surface area contributed by atoms with Crippen LogP contribution in [0, 0.1) is 5.82 Å². The molecule has 2 aliphatic rings. The largest absolute Gasteiger partial charge is 0.505 e. The number of halogens is 1. The molecule has 2 atom stereocenters. The lowest BCUT2D eigenvalue weighted by atomic mass is 9.95. The second-order valence-electron chi connectivity index (χ2n) is 10.3. The van der Waals surface area contributed by atoms with E-state index in [4.69, 9.17) is 9.63 Å². The molecule has 0 spiro atoms. The molecule has 12 nitrogen and oxygen atoms in total. The minimum absolute atomic E-state index is 0.0274. The van der Waals surface area contributed by atoms with Crippen molar-refractivity contribution in [2.45, 2.75) is 26.1 Å². The van der Waals surface area contributed by atoms with Crippen molar-refractivity contribution >= 4 is 36.3 Å². The van der Waals surface area contributed by atoms with E-state index in [1.807, 2.05) is 4.90 Å². The van der Waals surface area contributed by atoms with Crippen LogP contribution >= 0.6 is 7.60 Å². The van der Waals surface area contributed by atoms with Crippen LogP contribution in [0.3, 0.4) is 0 Å².